The maximum absolute atomic E-state index is 5.31. The third-order valence-corrected chi connectivity index (χ3v) is 7.51. The van der Waals surface area contributed by atoms with E-state index in [1.54, 1.807) is 7.11 Å². The smallest absolute Gasteiger partial charge is 0.119 e. The molecule has 1 N–H and O–H groups in total. The molecule has 0 bridgehead atoms. The van der Waals surface area contributed by atoms with Gasteiger partial charge in [-0.05, 0) is 68.6 Å². The van der Waals surface area contributed by atoms with Gasteiger partial charge in [-0.1, -0.05) is 24.3 Å². The third-order valence-electron chi connectivity index (χ3n) is 7.51. The van der Waals surface area contributed by atoms with Crippen LogP contribution in [-0.4, -0.2) is 66.0 Å². The van der Waals surface area contributed by atoms with Gasteiger partial charge in [0.1, 0.15) is 5.75 Å². The molecule has 1 saturated carbocycles. The van der Waals surface area contributed by atoms with Crippen LogP contribution in [0.4, 0.5) is 5.69 Å². The Balaban J connectivity index is 1.14. The van der Waals surface area contributed by atoms with Crippen molar-refractivity contribution in [2.75, 3.05) is 45.7 Å². The molecule has 3 aromatic rings. The summed E-state index contributed by atoms with van der Waals surface area (Å²) in [5.41, 5.74) is 4.52. The van der Waals surface area contributed by atoms with E-state index >= 15 is 0 Å². The lowest BCUT2D eigenvalue weighted by Gasteiger charge is -2.41. The average molecular weight is 460 g/mol. The Morgan fingerprint density at radius 1 is 0.912 bits per heavy atom. The molecule has 2 fully saturated rings. The molecule has 180 valence electrons. The van der Waals surface area contributed by atoms with Gasteiger partial charge in [-0.15, -0.1) is 0 Å². The van der Waals surface area contributed by atoms with Crippen molar-refractivity contribution in [3.63, 3.8) is 0 Å². The Morgan fingerprint density at radius 2 is 1.65 bits per heavy atom. The highest BCUT2D eigenvalue weighted by Gasteiger charge is 2.28. The Kier molecular flexibility index (Phi) is 7.16. The van der Waals surface area contributed by atoms with Gasteiger partial charge in [0.15, 0.2) is 0 Å². The fraction of sp³-hybridized carbons (Fsp3) is 0.464. The number of likely N-dealkylation sites (N-methyl/N-ethyl adjacent to an activating group) is 1. The van der Waals surface area contributed by atoms with E-state index < -0.39 is 0 Å². The minimum atomic E-state index is 0.529. The van der Waals surface area contributed by atoms with Crippen LogP contribution in [0.3, 0.4) is 0 Å². The Bertz CT molecular complexity index is 1050. The fourth-order valence-corrected chi connectivity index (χ4v) is 5.32. The quantitative estimate of drug-likeness (QED) is 0.544. The molecule has 6 heteroatoms. The van der Waals surface area contributed by atoms with E-state index in [4.69, 9.17) is 9.84 Å². The van der Waals surface area contributed by atoms with Crippen molar-refractivity contribution in [2.45, 2.75) is 44.3 Å². The van der Waals surface area contributed by atoms with Crippen LogP contribution < -0.4 is 10.1 Å². The SMILES string of the molecule is COc1cccc(CNc2ccc(-c3ccn([C@H]4CC[C@@H](N5CCN(C)CC5)CC4)n3)cc2)c1. The first-order chi connectivity index (χ1) is 16.7. The van der Waals surface area contributed by atoms with Crippen LogP contribution in [-0.2, 0) is 6.54 Å². The summed E-state index contributed by atoms with van der Waals surface area (Å²) in [5, 5.41) is 8.45. The molecule has 0 atom stereocenters. The molecule has 6 nitrogen and oxygen atoms in total. The van der Waals surface area contributed by atoms with Crippen LogP contribution in [0.25, 0.3) is 11.3 Å². The molecule has 2 aliphatic rings. The number of benzene rings is 2. The van der Waals surface area contributed by atoms with Crippen molar-refractivity contribution in [3.8, 4) is 17.0 Å². The Morgan fingerprint density at radius 3 is 2.38 bits per heavy atom. The molecule has 34 heavy (non-hydrogen) atoms. The minimum absolute atomic E-state index is 0.529. The number of hydrogen-bond acceptors (Lipinski definition) is 5. The first kappa shape index (κ1) is 22.9. The summed E-state index contributed by atoms with van der Waals surface area (Å²) in [5.74, 6) is 0.887. The summed E-state index contributed by atoms with van der Waals surface area (Å²) in [7, 11) is 3.93. The van der Waals surface area contributed by atoms with Gasteiger partial charge >= 0.3 is 0 Å². The molecule has 2 heterocycles. The number of aromatic nitrogens is 2. The maximum Gasteiger partial charge on any atom is 0.119 e. The number of ether oxygens (including phenoxy) is 1. The predicted molar refractivity (Wildman–Crippen MR) is 138 cm³/mol. The van der Waals surface area contributed by atoms with Gasteiger partial charge in [-0.2, -0.15) is 5.10 Å². The summed E-state index contributed by atoms with van der Waals surface area (Å²) in [6.45, 7) is 5.63. The van der Waals surface area contributed by atoms with Crippen LogP contribution in [0.2, 0.25) is 0 Å². The van der Waals surface area contributed by atoms with E-state index in [1.165, 1.54) is 57.4 Å². The topological polar surface area (TPSA) is 45.6 Å². The molecule has 0 amide bonds. The zero-order valence-electron chi connectivity index (χ0n) is 20.5. The van der Waals surface area contributed by atoms with E-state index in [9.17, 15) is 0 Å². The van der Waals surface area contributed by atoms with Crippen molar-refractivity contribution >= 4 is 5.69 Å². The van der Waals surface area contributed by atoms with Crippen molar-refractivity contribution < 1.29 is 4.74 Å². The van der Waals surface area contributed by atoms with Crippen LogP contribution >= 0.6 is 0 Å². The van der Waals surface area contributed by atoms with E-state index in [2.05, 4.69) is 75.5 Å². The van der Waals surface area contributed by atoms with E-state index in [-0.39, 0.29) is 0 Å². The molecule has 1 saturated heterocycles. The van der Waals surface area contributed by atoms with Crippen molar-refractivity contribution in [2.24, 2.45) is 0 Å². The number of nitrogens with one attached hydrogen (secondary N) is 1. The predicted octanol–water partition coefficient (Wildman–Crippen LogP) is 4.90. The number of hydrogen-bond donors (Lipinski definition) is 1. The van der Waals surface area contributed by atoms with E-state index in [0.717, 1.165) is 35.3 Å². The molecule has 5 rings (SSSR count). The lowest BCUT2D eigenvalue weighted by molar-refractivity contribution is 0.0811. The zero-order chi connectivity index (χ0) is 23.3. The van der Waals surface area contributed by atoms with E-state index in [1.807, 2.05) is 12.1 Å². The minimum Gasteiger partial charge on any atom is -0.497 e. The molecular formula is C28H37N5O. The normalized spacial score (nSPS) is 21.9. The summed E-state index contributed by atoms with van der Waals surface area (Å²) >= 11 is 0. The average Bonchev–Trinajstić information content (AvgIpc) is 3.39. The number of anilines is 1. The second-order valence-electron chi connectivity index (χ2n) is 9.77. The second-order valence-corrected chi connectivity index (χ2v) is 9.77. The molecule has 1 aliphatic heterocycles. The summed E-state index contributed by atoms with van der Waals surface area (Å²) in [6.07, 6.45) is 7.20. The lowest BCUT2D eigenvalue weighted by atomic mass is 9.90. The van der Waals surface area contributed by atoms with Crippen LogP contribution in [0.5, 0.6) is 5.75 Å². The molecule has 0 spiro atoms. The van der Waals surface area contributed by atoms with Gasteiger partial charge in [-0.3, -0.25) is 9.58 Å². The molecule has 1 aliphatic carbocycles. The van der Waals surface area contributed by atoms with Crippen molar-refractivity contribution in [1.82, 2.24) is 19.6 Å². The fourth-order valence-electron chi connectivity index (χ4n) is 5.32. The van der Waals surface area contributed by atoms with Crippen LogP contribution in [0.15, 0.2) is 60.8 Å². The Labute approximate surface area is 203 Å². The second kappa shape index (κ2) is 10.6. The number of rotatable bonds is 7. The van der Waals surface area contributed by atoms with Gasteiger partial charge < -0.3 is 15.0 Å². The highest BCUT2D eigenvalue weighted by Crippen LogP contribution is 2.32. The van der Waals surface area contributed by atoms with Crippen molar-refractivity contribution in [3.05, 3.63) is 66.4 Å². The number of nitrogens with zero attached hydrogens (tertiary/aromatic N) is 4. The van der Waals surface area contributed by atoms with Gasteiger partial charge in [-0.25, -0.2) is 0 Å². The molecular weight excluding hydrogens is 422 g/mol. The van der Waals surface area contributed by atoms with Gasteiger partial charge in [0.05, 0.1) is 18.8 Å². The first-order valence-electron chi connectivity index (χ1n) is 12.6. The third kappa shape index (κ3) is 5.45. The van der Waals surface area contributed by atoms with Gasteiger partial charge in [0, 0.05) is 56.2 Å². The van der Waals surface area contributed by atoms with Gasteiger partial charge in [0.25, 0.3) is 0 Å². The largest absolute Gasteiger partial charge is 0.497 e. The number of piperazine rings is 1. The highest BCUT2D eigenvalue weighted by molar-refractivity contribution is 5.62. The maximum atomic E-state index is 5.31. The molecule has 2 aromatic carbocycles. The Hall–Kier alpha value is -2.83. The van der Waals surface area contributed by atoms with Gasteiger partial charge in [0.2, 0.25) is 0 Å². The summed E-state index contributed by atoms with van der Waals surface area (Å²) in [6, 6.07) is 20.2. The van der Waals surface area contributed by atoms with Crippen LogP contribution in [0.1, 0.15) is 37.3 Å². The number of methoxy groups -OCH3 is 1. The first-order valence-corrected chi connectivity index (χ1v) is 12.6. The summed E-state index contributed by atoms with van der Waals surface area (Å²) < 4.78 is 7.53. The lowest BCUT2D eigenvalue weighted by Crippen LogP contribution is -2.49. The van der Waals surface area contributed by atoms with E-state index in [0.29, 0.717) is 6.04 Å². The zero-order valence-corrected chi connectivity index (χ0v) is 20.5. The summed E-state index contributed by atoms with van der Waals surface area (Å²) in [4.78, 5) is 5.16. The monoisotopic (exact) mass is 459 g/mol. The van der Waals surface area contributed by atoms with Crippen LogP contribution in [0, 0.1) is 0 Å². The molecule has 1 aromatic heterocycles. The molecule has 0 radical (unpaired) electrons. The highest BCUT2D eigenvalue weighted by atomic mass is 16.5. The molecule has 0 unspecified atom stereocenters. The standard InChI is InChI=1S/C28H37N5O/c1-31-16-18-32(19-17-31)25-10-12-26(13-11-25)33-15-14-28(30-33)23-6-8-24(9-7-23)29-21-22-4-3-5-27(20-22)34-2/h3-9,14-15,20,25-26,29H,10-13,16-19,21H2,1-2H3/t25-,26+. The van der Waals surface area contributed by atoms with Crippen molar-refractivity contribution in [1.29, 1.82) is 0 Å².